The molecule has 0 aromatic carbocycles. The van der Waals surface area contributed by atoms with Gasteiger partial charge >= 0.3 is 5.97 Å². The van der Waals surface area contributed by atoms with E-state index in [9.17, 15) is 4.79 Å². The quantitative estimate of drug-likeness (QED) is 0.0415. The zero-order valence-electron chi connectivity index (χ0n) is 60.9. The van der Waals surface area contributed by atoms with E-state index in [1.54, 1.807) is 0 Å². The zero-order chi connectivity index (χ0) is 69.0. The Labute approximate surface area is 580 Å². The topological polar surface area (TPSA) is 248 Å². The predicted octanol–water partition coefficient (Wildman–Crippen LogP) is 7.85. The fourth-order valence-electron chi connectivity index (χ4n) is 8.60. The van der Waals surface area contributed by atoms with Gasteiger partial charge in [-0.05, 0) is 24.7 Å². The third-order valence-corrected chi connectivity index (χ3v) is 13.9. The molecule has 26 heteroatoms. The van der Waals surface area contributed by atoms with Crippen LogP contribution in [-0.4, -0.2) is 330 Å². The monoisotopic (exact) mass is 1400 g/mol. The molecule has 0 saturated heterocycles. The van der Waals surface area contributed by atoms with E-state index in [1.165, 1.54) is 96.8 Å². The molecule has 0 rings (SSSR count). The van der Waals surface area contributed by atoms with E-state index in [4.69, 9.17) is 118 Å². The van der Waals surface area contributed by atoms with Crippen LogP contribution >= 0.6 is 0 Å². The van der Waals surface area contributed by atoms with Crippen molar-refractivity contribution in [3.63, 3.8) is 0 Å². The van der Waals surface area contributed by atoms with Crippen LogP contribution in [0.5, 0.6) is 0 Å². The van der Waals surface area contributed by atoms with Crippen molar-refractivity contribution >= 4 is 5.97 Å². The van der Waals surface area contributed by atoms with Crippen LogP contribution < -0.4 is 0 Å². The van der Waals surface area contributed by atoms with Crippen LogP contribution in [0.4, 0.5) is 0 Å². The van der Waals surface area contributed by atoms with Crippen LogP contribution in [0.25, 0.3) is 0 Å². The van der Waals surface area contributed by atoms with Crippen molar-refractivity contribution in [1.82, 2.24) is 0 Å². The van der Waals surface area contributed by atoms with Crippen LogP contribution in [0.15, 0.2) is 0 Å². The van der Waals surface area contributed by atoms with Gasteiger partial charge in [-0.1, -0.05) is 97.8 Å². The summed E-state index contributed by atoms with van der Waals surface area (Å²) in [6.45, 7) is 32.7. The second-order valence-corrected chi connectivity index (χ2v) is 22.9. The molecule has 576 valence electrons. The summed E-state index contributed by atoms with van der Waals surface area (Å²) in [5, 5.41) is 0. The second kappa shape index (κ2) is 85.9. The molecule has 0 aromatic heterocycles. The van der Waals surface area contributed by atoms with Gasteiger partial charge in [0.1, 0.15) is 6.61 Å². The summed E-state index contributed by atoms with van der Waals surface area (Å²) in [5.74, 6) is -0.316. The summed E-state index contributed by atoms with van der Waals surface area (Å²) in [4.78, 5) is 10.6. The highest BCUT2D eigenvalue weighted by molar-refractivity contribution is 5.65. The van der Waals surface area contributed by atoms with Gasteiger partial charge in [0.05, 0.1) is 311 Å². The van der Waals surface area contributed by atoms with Crippen molar-refractivity contribution in [3.8, 4) is 0 Å². The molecule has 26 nitrogen and oxygen atoms in total. The van der Waals surface area contributed by atoms with E-state index in [2.05, 4.69) is 20.8 Å². The zero-order valence-corrected chi connectivity index (χ0v) is 60.9. The van der Waals surface area contributed by atoms with Crippen LogP contribution in [-0.2, 0) is 123 Å². The summed E-state index contributed by atoms with van der Waals surface area (Å²) >= 11 is 0. The molecule has 0 heterocycles. The van der Waals surface area contributed by atoms with Gasteiger partial charge in [-0.25, -0.2) is 0 Å². The molecule has 0 aromatic rings. The summed E-state index contributed by atoms with van der Waals surface area (Å²) in [6, 6.07) is 0. The fraction of sp³-hybridized carbons (Fsp3) is 0.986. The van der Waals surface area contributed by atoms with Crippen molar-refractivity contribution in [2.75, 3.05) is 324 Å². The Balaban J connectivity index is 3.13. The highest BCUT2D eigenvalue weighted by atomic mass is 16.6. The Hall–Kier alpha value is -1.49. The molecule has 0 aliphatic carbocycles. The number of carbonyl (C=O) groups is 1. The van der Waals surface area contributed by atoms with Gasteiger partial charge < -0.3 is 118 Å². The van der Waals surface area contributed by atoms with Crippen LogP contribution in [0, 0.1) is 5.41 Å². The molecule has 0 bridgehead atoms. The molecule has 0 atom stereocenters. The van der Waals surface area contributed by atoms with Crippen LogP contribution in [0.3, 0.4) is 0 Å². The first-order valence-electron chi connectivity index (χ1n) is 36.5. The Morgan fingerprint density at radius 3 is 0.490 bits per heavy atom. The summed E-state index contributed by atoms with van der Waals surface area (Å²) in [7, 11) is 0. The first kappa shape index (κ1) is 94.5. The average Bonchev–Trinajstić information content (AvgIpc) is 3.77. The number of rotatable bonds is 89. The van der Waals surface area contributed by atoms with Crippen molar-refractivity contribution in [1.29, 1.82) is 0 Å². The third-order valence-electron chi connectivity index (χ3n) is 13.9. The molecule has 0 unspecified atom stereocenters. The SMILES string of the molecule is CCCCCCCCCCCCCC(C)(C)CCCCOCCOCCOCCOCCOCCOCCOCCOCCOCCOCCOCCOCCOCCOCCOCCOCCOCCOCCOCCOCCOCCOCCOCCOCCOC(C)=O. The lowest BCUT2D eigenvalue weighted by Crippen LogP contribution is -2.16. The highest BCUT2D eigenvalue weighted by Crippen LogP contribution is 2.30. The van der Waals surface area contributed by atoms with Crippen molar-refractivity contribution < 1.29 is 123 Å². The minimum atomic E-state index is -0.316. The average molecular weight is 1400 g/mol. The van der Waals surface area contributed by atoms with Crippen LogP contribution in [0.2, 0.25) is 0 Å². The second-order valence-electron chi connectivity index (χ2n) is 22.9. The number of esters is 1. The molecule has 0 aliphatic heterocycles. The van der Waals surface area contributed by atoms with E-state index in [0.717, 1.165) is 13.0 Å². The van der Waals surface area contributed by atoms with Gasteiger partial charge in [0.25, 0.3) is 0 Å². The van der Waals surface area contributed by atoms with Crippen molar-refractivity contribution in [2.45, 2.75) is 124 Å². The normalized spacial score (nSPS) is 11.9. The molecule has 0 saturated carbocycles. The number of hydrogen-bond acceptors (Lipinski definition) is 26. The standard InChI is InChI=1S/C70H140O26/c1-5-6-7-8-9-10-11-12-13-14-15-18-70(3,4)19-16-17-20-72-21-22-73-23-24-74-25-26-75-27-28-76-29-30-77-31-32-78-33-34-79-35-36-80-37-38-81-39-40-82-41-42-83-43-44-84-45-46-85-47-48-86-49-50-87-51-52-88-53-54-89-55-56-90-57-58-91-59-60-92-61-62-93-63-64-94-65-66-95-67-68-96-69(2)71/h5-68H2,1-4H3. The molecule has 0 aliphatic rings. The van der Waals surface area contributed by atoms with E-state index >= 15 is 0 Å². The summed E-state index contributed by atoms with van der Waals surface area (Å²) in [6.07, 6.45) is 20.4. The van der Waals surface area contributed by atoms with Gasteiger partial charge in [-0.15, -0.1) is 0 Å². The lowest BCUT2D eigenvalue weighted by atomic mass is 9.82. The largest absolute Gasteiger partial charge is 0.463 e. The van der Waals surface area contributed by atoms with Gasteiger partial charge in [-0.3, -0.25) is 4.79 Å². The number of unbranched alkanes of at least 4 members (excludes halogenated alkanes) is 11. The molecule has 96 heavy (non-hydrogen) atoms. The van der Waals surface area contributed by atoms with Gasteiger partial charge in [0, 0.05) is 13.5 Å². The maximum atomic E-state index is 10.6. The maximum Gasteiger partial charge on any atom is 0.302 e. The molecular weight excluding hydrogens is 1260 g/mol. The van der Waals surface area contributed by atoms with E-state index < -0.39 is 0 Å². The molecule has 0 fully saturated rings. The minimum absolute atomic E-state index is 0.250. The fourth-order valence-corrected chi connectivity index (χ4v) is 8.60. The van der Waals surface area contributed by atoms with Crippen molar-refractivity contribution in [3.05, 3.63) is 0 Å². The third kappa shape index (κ3) is 88.6. The van der Waals surface area contributed by atoms with Crippen LogP contribution in [0.1, 0.15) is 124 Å². The number of hydrogen-bond donors (Lipinski definition) is 0. The van der Waals surface area contributed by atoms with E-state index in [-0.39, 0.29) is 12.6 Å². The Kier molecular flexibility index (Phi) is 84.6. The Morgan fingerprint density at radius 1 is 0.188 bits per heavy atom. The highest BCUT2D eigenvalue weighted by Gasteiger charge is 2.16. The lowest BCUT2D eigenvalue weighted by molar-refractivity contribution is -0.142. The first-order chi connectivity index (χ1) is 47.5. The van der Waals surface area contributed by atoms with E-state index in [1.807, 2.05) is 0 Å². The maximum absolute atomic E-state index is 10.6. The summed E-state index contributed by atoms with van der Waals surface area (Å²) in [5.41, 5.74) is 0.434. The molecule has 0 amide bonds. The number of carbonyl (C=O) groups excluding carboxylic acids is 1. The molecule has 0 radical (unpaired) electrons. The first-order valence-corrected chi connectivity index (χ1v) is 36.5. The van der Waals surface area contributed by atoms with E-state index in [0.29, 0.717) is 316 Å². The van der Waals surface area contributed by atoms with Gasteiger partial charge in [0.2, 0.25) is 0 Å². The Morgan fingerprint density at radius 2 is 0.323 bits per heavy atom. The molecular formula is C70H140O26. The predicted molar refractivity (Wildman–Crippen MR) is 365 cm³/mol. The lowest BCUT2D eigenvalue weighted by Gasteiger charge is -2.24. The van der Waals surface area contributed by atoms with Crippen molar-refractivity contribution in [2.24, 2.45) is 5.41 Å². The van der Waals surface area contributed by atoms with Gasteiger partial charge in [-0.2, -0.15) is 0 Å². The van der Waals surface area contributed by atoms with Gasteiger partial charge in [0.15, 0.2) is 0 Å². The Bertz CT molecular complexity index is 1420. The molecule has 0 N–H and O–H groups in total. The summed E-state index contributed by atoms with van der Waals surface area (Å²) < 4.78 is 138. The molecule has 0 spiro atoms. The minimum Gasteiger partial charge on any atom is -0.463 e. The number of ether oxygens (including phenoxy) is 25. The smallest absolute Gasteiger partial charge is 0.302 e.